The molecule has 0 bridgehead atoms. The molecule has 0 saturated heterocycles. The van der Waals surface area contributed by atoms with E-state index in [0.717, 1.165) is 30.8 Å². The average molecular weight is 349 g/mol. The number of aromatic amines is 1. The Kier molecular flexibility index (Phi) is 6.12. The van der Waals surface area contributed by atoms with E-state index in [2.05, 4.69) is 9.97 Å². The van der Waals surface area contributed by atoms with Crippen LogP contribution in [-0.4, -0.2) is 38.3 Å². The second-order valence-corrected chi connectivity index (χ2v) is 7.90. The Labute approximate surface area is 149 Å². The number of hydrogen-bond acceptors (Lipinski definition) is 4. The Hall–Kier alpha value is -1.40. The van der Waals surface area contributed by atoms with Gasteiger partial charge in [0, 0.05) is 25.0 Å². The van der Waals surface area contributed by atoms with Crippen LogP contribution in [0.25, 0.3) is 0 Å². The Balaban J connectivity index is 1.71. The van der Waals surface area contributed by atoms with Gasteiger partial charge in [-0.2, -0.15) is 0 Å². The third-order valence-corrected chi connectivity index (χ3v) is 5.82. The molecule has 2 aliphatic rings. The van der Waals surface area contributed by atoms with E-state index in [9.17, 15) is 15.0 Å². The van der Waals surface area contributed by atoms with Crippen LogP contribution >= 0.6 is 0 Å². The van der Waals surface area contributed by atoms with Crippen molar-refractivity contribution in [2.75, 3.05) is 0 Å². The molecule has 140 valence electrons. The molecule has 1 heterocycles. The number of primary amides is 1. The highest BCUT2D eigenvalue weighted by atomic mass is 16.3. The van der Waals surface area contributed by atoms with Crippen molar-refractivity contribution in [3.05, 3.63) is 17.7 Å². The van der Waals surface area contributed by atoms with E-state index in [-0.39, 0.29) is 24.2 Å². The van der Waals surface area contributed by atoms with Gasteiger partial charge in [0.15, 0.2) is 0 Å². The zero-order chi connectivity index (χ0) is 17.8. The SMILES string of the molecule is NC(=O)CCc1nc([C@H](CC2CCCCC2)[C@@H](O)[C@@H](O)C2CC2)c[nH]1. The molecule has 2 fully saturated rings. The van der Waals surface area contributed by atoms with Gasteiger partial charge >= 0.3 is 0 Å². The highest BCUT2D eigenvalue weighted by Crippen LogP contribution is 2.40. The van der Waals surface area contributed by atoms with Crippen molar-refractivity contribution in [2.24, 2.45) is 17.6 Å². The molecule has 0 unspecified atom stereocenters. The van der Waals surface area contributed by atoms with Crippen LogP contribution in [0.5, 0.6) is 0 Å². The predicted molar refractivity (Wildman–Crippen MR) is 94.8 cm³/mol. The molecule has 1 amide bonds. The van der Waals surface area contributed by atoms with Gasteiger partial charge < -0.3 is 20.9 Å². The van der Waals surface area contributed by atoms with E-state index < -0.39 is 12.2 Å². The summed E-state index contributed by atoms with van der Waals surface area (Å²) in [6.07, 6.45) is 10.2. The number of amides is 1. The summed E-state index contributed by atoms with van der Waals surface area (Å²) < 4.78 is 0. The quantitative estimate of drug-likeness (QED) is 0.546. The topological polar surface area (TPSA) is 112 Å². The normalized spacial score (nSPS) is 22.5. The first-order valence-corrected chi connectivity index (χ1v) is 9.73. The highest BCUT2D eigenvalue weighted by Gasteiger charge is 2.39. The monoisotopic (exact) mass is 349 g/mol. The van der Waals surface area contributed by atoms with Crippen molar-refractivity contribution in [1.29, 1.82) is 0 Å². The lowest BCUT2D eigenvalue weighted by molar-refractivity contribution is -0.118. The number of aromatic nitrogens is 2. The number of aliphatic hydroxyl groups excluding tert-OH is 2. The minimum absolute atomic E-state index is 0.155. The van der Waals surface area contributed by atoms with Gasteiger partial charge in [0.1, 0.15) is 5.82 Å². The first-order valence-electron chi connectivity index (χ1n) is 9.73. The molecular formula is C19H31N3O3. The Bertz CT molecular complexity index is 564. The Morgan fingerprint density at radius 3 is 2.60 bits per heavy atom. The molecule has 0 radical (unpaired) electrons. The standard InChI is InChI=1S/C19H31N3O3/c20-16(23)8-9-17-21-11-15(22-17)14(10-12-4-2-1-3-5-12)19(25)18(24)13-6-7-13/h11-14,18-19,24-25H,1-10H2,(H2,20,23)(H,21,22)/t14-,18-,19+/m0/s1. The third kappa shape index (κ3) is 5.05. The van der Waals surface area contributed by atoms with Gasteiger partial charge in [-0.15, -0.1) is 0 Å². The Morgan fingerprint density at radius 2 is 1.96 bits per heavy atom. The minimum atomic E-state index is -0.776. The van der Waals surface area contributed by atoms with Crippen molar-refractivity contribution in [2.45, 2.75) is 82.3 Å². The maximum absolute atomic E-state index is 11.0. The van der Waals surface area contributed by atoms with Gasteiger partial charge in [0.2, 0.25) is 5.91 Å². The number of carbonyl (C=O) groups is 1. The number of aliphatic hydroxyl groups is 2. The molecular weight excluding hydrogens is 318 g/mol. The highest BCUT2D eigenvalue weighted by molar-refractivity contribution is 5.73. The summed E-state index contributed by atoms with van der Waals surface area (Å²) in [5.74, 6) is 1.04. The summed E-state index contributed by atoms with van der Waals surface area (Å²) in [4.78, 5) is 18.7. The molecule has 2 aliphatic carbocycles. The summed E-state index contributed by atoms with van der Waals surface area (Å²) in [6.45, 7) is 0. The van der Waals surface area contributed by atoms with Crippen molar-refractivity contribution in [3.63, 3.8) is 0 Å². The van der Waals surface area contributed by atoms with Crippen molar-refractivity contribution in [1.82, 2.24) is 9.97 Å². The second-order valence-electron chi connectivity index (χ2n) is 7.90. The molecule has 2 saturated carbocycles. The van der Waals surface area contributed by atoms with E-state index in [1.54, 1.807) is 0 Å². The molecule has 3 rings (SSSR count). The number of rotatable bonds is 9. The molecule has 3 atom stereocenters. The largest absolute Gasteiger partial charge is 0.390 e. The maximum Gasteiger partial charge on any atom is 0.217 e. The van der Waals surface area contributed by atoms with Gasteiger partial charge in [-0.1, -0.05) is 32.1 Å². The summed E-state index contributed by atoms with van der Waals surface area (Å²) in [5, 5.41) is 21.3. The molecule has 25 heavy (non-hydrogen) atoms. The summed E-state index contributed by atoms with van der Waals surface area (Å²) in [5.41, 5.74) is 6.01. The minimum Gasteiger partial charge on any atom is -0.390 e. The fourth-order valence-corrected chi connectivity index (χ4v) is 4.11. The molecule has 5 N–H and O–H groups in total. The molecule has 1 aromatic heterocycles. The first kappa shape index (κ1) is 18.4. The van der Waals surface area contributed by atoms with E-state index >= 15 is 0 Å². The lowest BCUT2D eigenvalue weighted by Gasteiger charge is -2.30. The summed E-state index contributed by atoms with van der Waals surface area (Å²) >= 11 is 0. The van der Waals surface area contributed by atoms with E-state index in [0.29, 0.717) is 12.3 Å². The summed E-state index contributed by atoms with van der Waals surface area (Å²) in [6, 6.07) is 0. The third-order valence-electron chi connectivity index (χ3n) is 5.82. The van der Waals surface area contributed by atoms with Crippen LogP contribution in [0.2, 0.25) is 0 Å². The van der Waals surface area contributed by atoms with E-state index in [1.165, 1.54) is 32.1 Å². The lowest BCUT2D eigenvalue weighted by atomic mass is 9.78. The van der Waals surface area contributed by atoms with Crippen LogP contribution in [0, 0.1) is 11.8 Å². The van der Waals surface area contributed by atoms with Crippen molar-refractivity contribution in [3.8, 4) is 0 Å². The molecule has 0 aliphatic heterocycles. The van der Waals surface area contributed by atoms with E-state index in [1.807, 2.05) is 6.20 Å². The number of carbonyl (C=O) groups excluding carboxylic acids is 1. The van der Waals surface area contributed by atoms with Crippen LogP contribution in [0.4, 0.5) is 0 Å². The van der Waals surface area contributed by atoms with Gasteiger partial charge in [-0.3, -0.25) is 4.79 Å². The smallest absolute Gasteiger partial charge is 0.217 e. The number of nitrogens with two attached hydrogens (primary N) is 1. The maximum atomic E-state index is 11.0. The number of nitrogens with zero attached hydrogens (tertiary/aromatic N) is 1. The fourth-order valence-electron chi connectivity index (χ4n) is 4.11. The summed E-state index contributed by atoms with van der Waals surface area (Å²) in [7, 11) is 0. The molecule has 6 nitrogen and oxygen atoms in total. The number of imidazole rings is 1. The van der Waals surface area contributed by atoms with Crippen molar-refractivity contribution < 1.29 is 15.0 Å². The van der Waals surface area contributed by atoms with E-state index in [4.69, 9.17) is 5.73 Å². The van der Waals surface area contributed by atoms with Crippen LogP contribution < -0.4 is 5.73 Å². The van der Waals surface area contributed by atoms with Crippen LogP contribution in [0.3, 0.4) is 0 Å². The van der Waals surface area contributed by atoms with Crippen molar-refractivity contribution >= 4 is 5.91 Å². The number of aryl methyl sites for hydroxylation is 1. The van der Waals surface area contributed by atoms with Gasteiger partial charge in [0.25, 0.3) is 0 Å². The first-order chi connectivity index (χ1) is 12.0. The van der Waals surface area contributed by atoms with Crippen LogP contribution in [0.15, 0.2) is 6.20 Å². The number of H-pyrrole nitrogens is 1. The number of nitrogens with one attached hydrogen (secondary N) is 1. The fraction of sp³-hybridized carbons (Fsp3) is 0.789. The predicted octanol–water partition coefficient (Wildman–Crippen LogP) is 2.01. The van der Waals surface area contributed by atoms with Gasteiger partial charge in [-0.25, -0.2) is 4.98 Å². The lowest BCUT2D eigenvalue weighted by Crippen LogP contribution is -2.35. The molecule has 0 aromatic carbocycles. The Morgan fingerprint density at radius 1 is 1.24 bits per heavy atom. The second kappa shape index (κ2) is 8.32. The van der Waals surface area contributed by atoms with Gasteiger partial charge in [0.05, 0.1) is 17.9 Å². The molecule has 6 heteroatoms. The zero-order valence-corrected chi connectivity index (χ0v) is 14.9. The van der Waals surface area contributed by atoms with Crippen LogP contribution in [0.1, 0.15) is 75.2 Å². The zero-order valence-electron chi connectivity index (χ0n) is 14.9. The molecule has 0 spiro atoms. The van der Waals surface area contributed by atoms with Crippen LogP contribution in [-0.2, 0) is 11.2 Å². The average Bonchev–Trinajstić information content (AvgIpc) is 3.36. The number of hydrogen-bond donors (Lipinski definition) is 4. The molecule has 1 aromatic rings. The van der Waals surface area contributed by atoms with Gasteiger partial charge in [-0.05, 0) is 31.1 Å².